The minimum absolute atomic E-state index is 0.0849. The molecule has 8 heteroatoms. The first-order valence-electron chi connectivity index (χ1n) is 8.75. The van der Waals surface area contributed by atoms with Crippen molar-refractivity contribution in [2.75, 3.05) is 17.7 Å². The van der Waals surface area contributed by atoms with Gasteiger partial charge >= 0.3 is 5.97 Å². The van der Waals surface area contributed by atoms with Crippen LogP contribution in [0.1, 0.15) is 23.7 Å². The summed E-state index contributed by atoms with van der Waals surface area (Å²) in [6.07, 6.45) is 0.759. The Balaban J connectivity index is 1.57. The zero-order chi connectivity index (χ0) is 19.9. The lowest BCUT2D eigenvalue weighted by atomic mass is 10.2. The molecular weight excluding hydrogens is 378 g/mol. The summed E-state index contributed by atoms with van der Waals surface area (Å²) >= 11 is 1.14. The van der Waals surface area contributed by atoms with E-state index in [2.05, 4.69) is 15.3 Å². The lowest BCUT2D eigenvalue weighted by molar-refractivity contribution is -0.113. The molecule has 7 nitrogen and oxygen atoms in total. The van der Waals surface area contributed by atoms with E-state index in [4.69, 9.17) is 4.74 Å². The van der Waals surface area contributed by atoms with Crippen molar-refractivity contribution in [3.05, 3.63) is 64.4 Å². The minimum atomic E-state index is -0.387. The van der Waals surface area contributed by atoms with Crippen LogP contribution >= 0.6 is 11.8 Å². The molecule has 3 rings (SSSR count). The third kappa shape index (κ3) is 4.98. The first kappa shape index (κ1) is 19.6. The van der Waals surface area contributed by atoms with Gasteiger partial charge in [-0.1, -0.05) is 30.8 Å². The summed E-state index contributed by atoms with van der Waals surface area (Å²) < 4.78 is 5.06. The average Bonchev–Trinajstić information content (AvgIpc) is 2.71. The number of benzene rings is 2. The van der Waals surface area contributed by atoms with Crippen molar-refractivity contribution in [2.24, 2.45) is 0 Å². The number of esters is 1. The fourth-order valence-corrected chi connectivity index (χ4v) is 3.10. The molecule has 0 atom stereocenters. The summed E-state index contributed by atoms with van der Waals surface area (Å²) in [5.41, 5.74) is 1.34. The second-order valence-corrected chi connectivity index (χ2v) is 6.90. The Morgan fingerprint density at radius 2 is 1.89 bits per heavy atom. The SMILES string of the molecule is CCCOC(=O)c1ccc(NC(=O)CSc2nc3ccccc3c(=O)[nH]2)cc1. The van der Waals surface area contributed by atoms with Crippen LogP contribution in [0.5, 0.6) is 0 Å². The van der Waals surface area contributed by atoms with Gasteiger partial charge in [-0.05, 0) is 42.8 Å². The Kier molecular flexibility index (Phi) is 6.44. The van der Waals surface area contributed by atoms with E-state index >= 15 is 0 Å². The monoisotopic (exact) mass is 397 g/mol. The zero-order valence-corrected chi connectivity index (χ0v) is 16.0. The number of aromatic amines is 1. The highest BCUT2D eigenvalue weighted by molar-refractivity contribution is 7.99. The molecule has 0 spiro atoms. The molecule has 0 aliphatic carbocycles. The fourth-order valence-electron chi connectivity index (χ4n) is 2.43. The number of ether oxygens (including phenoxy) is 1. The van der Waals surface area contributed by atoms with Gasteiger partial charge in [0, 0.05) is 5.69 Å². The molecule has 0 unspecified atom stereocenters. The number of nitrogens with zero attached hydrogens (tertiary/aromatic N) is 1. The van der Waals surface area contributed by atoms with Crippen molar-refractivity contribution >= 4 is 40.2 Å². The molecule has 2 N–H and O–H groups in total. The molecular formula is C20H19N3O4S. The fraction of sp³-hybridized carbons (Fsp3) is 0.200. The van der Waals surface area contributed by atoms with Crippen molar-refractivity contribution in [2.45, 2.75) is 18.5 Å². The molecule has 144 valence electrons. The molecule has 2 aromatic carbocycles. The Labute approximate surface area is 165 Å². The number of nitrogens with one attached hydrogen (secondary N) is 2. The van der Waals surface area contributed by atoms with E-state index in [9.17, 15) is 14.4 Å². The van der Waals surface area contributed by atoms with Gasteiger partial charge in [0.2, 0.25) is 5.91 Å². The van der Waals surface area contributed by atoms with Gasteiger partial charge in [0.05, 0.1) is 28.8 Å². The van der Waals surface area contributed by atoms with Crippen LogP contribution in [-0.2, 0) is 9.53 Å². The normalized spacial score (nSPS) is 10.6. The van der Waals surface area contributed by atoms with E-state index < -0.39 is 0 Å². The van der Waals surface area contributed by atoms with Crippen LogP contribution in [0.15, 0.2) is 58.5 Å². The highest BCUT2D eigenvalue weighted by atomic mass is 32.2. The lowest BCUT2D eigenvalue weighted by Gasteiger charge is -2.07. The molecule has 0 radical (unpaired) electrons. The van der Waals surface area contributed by atoms with Crippen LogP contribution in [0.3, 0.4) is 0 Å². The maximum atomic E-state index is 12.2. The van der Waals surface area contributed by atoms with Crippen molar-refractivity contribution in [1.82, 2.24) is 9.97 Å². The van der Waals surface area contributed by atoms with E-state index in [-0.39, 0.29) is 23.2 Å². The van der Waals surface area contributed by atoms with Crippen LogP contribution in [0, 0.1) is 0 Å². The molecule has 1 heterocycles. The number of carbonyl (C=O) groups excluding carboxylic acids is 2. The second kappa shape index (κ2) is 9.18. The Morgan fingerprint density at radius 1 is 1.14 bits per heavy atom. The molecule has 0 aliphatic heterocycles. The molecule has 1 aromatic heterocycles. The third-order valence-electron chi connectivity index (χ3n) is 3.77. The van der Waals surface area contributed by atoms with E-state index in [1.165, 1.54) is 0 Å². The van der Waals surface area contributed by atoms with Crippen molar-refractivity contribution < 1.29 is 14.3 Å². The predicted molar refractivity (Wildman–Crippen MR) is 109 cm³/mol. The molecule has 3 aromatic rings. The van der Waals surface area contributed by atoms with Crippen molar-refractivity contribution in [3.8, 4) is 0 Å². The summed E-state index contributed by atoms with van der Waals surface area (Å²) in [4.78, 5) is 43.0. The molecule has 0 saturated carbocycles. The van der Waals surface area contributed by atoms with Crippen molar-refractivity contribution in [1.29, 1.82) is 0 Å². The number of amides is 1. The molecule has 0 aliphatic rings. The van der Waals surface area contributed by atoms with Crippen LogP contribution in [0.25, 0.3) is 10.9 Å². The zero-order valence-electron chi connectivity index (χ0n) is 15.2. The smallest absolute Gasteiger partial charge is 0.338 e. The van der Waals surface area contributed by atoms with Gasteiger partial charge in [-0.25, -0.2) is 9.78 Å². The Hall–Kier alpha value is -3.13. The number of anilines is 1. The quantitative estimate of drug-likeness (QED) is 0.361. The number of aromatic nitrogens is 2. The number of hydrogen-bond acceptors (Lipinski definition) is 6. The van der Waals surface area contributed by atoms with Crippen LogP contribution in [-0.4, -0.2) is 34.2 Å². The van der Waals surface area contributed by atoms with Crippen molar-refractivity contribution in [3.63, 3.8) is 0 Å². The van der Waals surface area contributed by atoms with E-state index in [1.54, 1.807) is 48.5 Å². The van der Waals surface area contributed by atoms with Gasteiger partial charge in [0.25, 0.3) is 5.56 Å². The van der Waals surface area contributed by atoms with E-state index in [0.29, 0.717) is 33.9 Å². The minimum Gasteiger partial charge on any atom is -0.462 e. The van der Waals surface area contributed by atoms with Gasteiger partial charge in [0.15, 0.2) is 5.16 Å². The first-order valence-corrected chi connectivity index (χ1v) is 9.74. The number of hydrogen-bond donors (Lipinski definition) is 2. The largest absolute Gasteiger partial charge is 0.462 e. The van der Waals surface area contributed by atoms with Crippen LogP contribution < -0.4 is 10.9 Å². The second-order valence-electron chi connectivity index (χ2n) is 5.94. The van der Waals surface area contributed by atoms with Gasteiger partial charge < -0.3 is 15.0 Å². The maximum Gasteiger partial charge on any atom is 0.338 e. The number of carbonyl (C=O) groups is 2. The summed E-state index contributed by atoms with van der Waals surface area (Å²) in [7, 11) is 0. The number of fused-ring (bicyclic) bond motifs is 1. The predicted octanol–water partition coefficient (Wildman–Crippen LogP) is 3.22. The lowest BCUT2D eigenvalue weighted by Crippen LogP contribution is -2.15. The summed E-state index contributed by atoms with van der Waals surface area (Å²) in [6, 6.07) is 13.5. The Morgan fingerprint density at radius 3 is 2.64 bits per heavy atom. The maximum absolute atomic E-state index is 12.2. The average molecular weight is 397 g/mol. The van der Waals surface area contributed by atoms with E-state index in [0.717, 1.165) is 18.2 Å². The Bertz CT molecular complexity index is 1050. The number of thioether (sulfide) groups is 1. The molecule has 0 bridgehead atoms. The summed E-state index contributed by atoms with van der Waals surface area (Å²) in [5.74, 6) is -0.551. The van der Waals surface area contributed by atoms with Gasteiger partial charge in [-0.15, -0.1) is 0 Å². The van der Waals surface area contributed by atoms with Crippen LogP contribution in [0.2, 0.25) is 0 Å². The highest BCUT2D eigenvalue weighted by Crippen LogP contribution is 2.16. The summed E-state index contributed by atoms with van der Waals surface area (Å²) in [6.45, 7) is 2.30. The molecule has 0 fully saturated rings. The molecule has 28 heavy (non-hydrogen) atoms. The molecule has 0 saturated heterocycles. The highest BCUT2D eigenvalue weighted by Gasteiger charge is 2.09. The number of rotatable bonds is 7. The van der Waals surface area contributed by atoms with Gasteiger partial charge in [-0.3, -0.25) is 9.59 Å². The summed E-state index contributed by atoms with van der Waals surface area (Å²) in [5, 5.41) is 3.63. The standard InChI is InChI=1S/C20H19N3O4S/c1-2-11-27-19(26)13-7-9-14(10-8-13)21-17(24)12-28-20-22-16-6-4-3-5-15(16)18(25)23-20/h3-10H,2,11-12H2,1H3,(H,21,24)(H,22,23,25). The first-order chi connectivity index (χ1) is 13.6. The van der Waals surface area contributed by atoms with Gasteiger partial charge in [0.1, 0.15) is 0 Å². The van der Waals surface area contributed by atoms with Crippen LogP contribution in [0.4, 0.5) is 5.69 Å². The third-order valence-corrected chi connectivity index (χ3v) is 4.65. The number of H-pyrrole nitrogens is 1. The number of para-hydroxylation sites is 1. The van der Waals surface area contributed by atoms with E-state index in [1.807, 2.05) is 6.92 Å². The van der Waals surface area contributed by atoms with Gasteiger partial charge in [-0.2, -0.15) is 0 Å². The molecule has 1 amide bonds. The topological polar surface area (TPSA) is 101 Å².